The van der Waals surface area contributed by atoms with E-state index in [0.29, 0.717) is 0 Å². The van der Waals surface area contributed by atoms with Gasteiger partial charge in [0.2, 0.25) is 0 Å². The molecular weight excluding hydrogens is 1220 g/mol. The molecule has 0 amide bonds. The smallest absolute Gasteiger partial charge is 0.0671 e. The van der Waals surface area contributed by atoms with Crippen LogP contribution in [0.15, 0.2) is 22.1 Å². The summed E-state index contributed by atoms with van der Waals surface area (Å²) < 4.78 is 0. The predicted octanol–water partition coefficient (Wildman–Crippen LogP) is 29.0. The van der Waals surface area contributed by atoms with Crippen LogP contribution in [0.3, 0.4) is 0 Å². The van der Waals surface area contributed by atoms with Crippen molar-refractivity contribution >= 4 is 23.3 Å². The fourth-order valence-corrected chi connectivity index (χ4v) is 13.2. The van der Waals surface area contributed by atoms with Gasteiger partial charge in [-0.25, -0.2) is 0 Å². The van der Waals surface area contributed by atoms with Gasteiger partial charge in [-0.15, -0.1) is 94.7 Å². The molecule has 0 aromatic heterocycles. The lowest BCUT2D eigenvalue weighted by molar-refractivity contribution is 0.679. The first-order chi connectivity index (χ1) is 50.0. The molecular formula is C99H150N2. The van der Waals surface area contributed by atoms with Crippen LogP contribution >= 0.6 is 0 Å². The van der Waals surface area contributed by atoms with E-state index in [-0.39, 0.29) is 0 Å². The zero-order chi connectivity index (χ0) is 72.6. The van der Waals surface area contributed by atoms with Crippen molar-refractivity contribution in [2.75, 3.05) is 0 Å². The number of aryl methyl sites for hydroxylation is 2. The number of aliphatic imine (C=N–C) groups is 2. The summed E-state index contributed by atoms with van der Waals surface area (Å²) in [5.74, 6) is 58.5. The molecule has 0 aliphatic heterocycles. The average molecular weight is 1370 g/mol. The van der Waals surface area contributed by atoms with Gasteiger partial charge >= 0.3 is 0 Å². The average Bonchev–Trinajstić information content (AvgIpc) is 0.799. The molecule has 2 heteroatoms. The van der Waals surface area contributed by atoms with Crippen molar-refractivity contribution in [1.29, 1.82) is 0 Å². The molecule has 0 radical (unpaired) electrons. The Balaban J connectivity index is 3.33. The Morgan fingerprint density at radius 1 is 0.228 bits per heavy atom. The first-order valence-corrected chi connectivity index (χ1v) is 43.1. The van der Waals surface area contributed by atoms with Gasteiger partial charge in [0.25, 0.3) is 0 Å². The number of hydrogen-bond donors (Lipinski definition) is 0. The molecule has 0 fully saturated rings. The molecule has 0 aliphatic rings. The van der Waals surface area contributed by atoms with Gasteiger partial charge < -0.3 is 0 Å². The molecule has 0 unspecified atom stereocenters. The van der Waals surface area contributed by atoms with Crippen LogP contribution in [0.5, 0.6) is 0 Å². The van der Waals surface area contributed by atoms with Crippen molar-refractivity contribution in [1.82, 2.24) is 0 Å². The normalized spacial score (nSPS) is 10.8. The van der Waals surface area contributed by atoms with E-state index in [0.717, 1.165) is 197 Å². The highest BCUT2D eigenvalue weighted by molar-refractivity contribution is 6.31. The molecule has 0 aliphatic carbocycles. The van der Waals surface area contributed by atoms with E-state index in [1.807, 2.05) is 0 Å². The zero-order valence-corrected chi connectivity index (χ0v) is 67.6. The van der Waals surface area contributed by atoms with E-state index in [2.05, 4.69) is 175 Å². The fourth-order valence-electron chi connectivity index (χ4n) is 13.2. The van der Waals surface area contributed by atoms with E-state index in [1.165, 1.54) is 250 Å². The summed E-state index contributed by atoms with van der Waals surface area (Å²) in [5.41, 5.74) is 14.5. The molecule has 2 aromatic carbocycles. The lowest BCUT2D eigenvalue weighted by Crippen LogP contribution is -2.09. The Bertz CT molecular complexity index is 3020. The molecule has 2 rings (SSSR count). The van der Waals surface area contributed by atoms with Crippen LogP contribution in [0, 0.1) is 94.7 Å². The van der Waals surface area contributed by atoms with Gasteiger partial charge in [0.15, 0.2) is 0 Å². The highest BCUT2D eigenvalue weighted by Gasteiger charge is 2.20. The zero-order valence-electron chi connectivity index (χ0n) is 67.6. The molecule has 0 N–H and O–H groups in total. The SMILES string of the molecule is CCCCCCC#CCCc1cc(N=CC(CCCCC)=Nc2cc(CCC#CCCCCCC)c(CCC#CCCCCCC)c(CCC#CCCCCCC)c2CCC#CCCCCCC)c(CCC#CCCCCCC)c(CCC#CCCCCCC)c1CCC#CCCCCCC. The monoisotopic (exact) mass is 1370 g/mol. The number of rotatable bonds is 55. The summed E-state index contributed by atoms with van der Waals surface area (Å²) in [6, 6.07) is 4.98. The van der Waals surface area contributed by atoms with Crippen molar-refractivity contribution in [3.8, 4) is 94.7 Å². The lowest BCUT2D eigenvalue weighted by Gasteiger charge is -2.21. The third-order valence-corrected chi connectivity index (χ3v) is 19.4. The largest absolute Gasteiger partial charge is 0.255 e. The molecule has 0 bridgehead atoms. The van der Waals surface area contributed by atoms with E-state index in [9.17, 15) is 0 Å². The molecule has 0 heterocycles. The minimum absolute atomic E-state index is 0.809. The van der Waals surface area contributed by atoms with Crippen molar-refractivity contribution in [2.24, 2.45) is 9.98 Å². The summed E-state index contributed by atoms with van der Waals surface area (Å²) in [7, 11) is 0. The lowest BCUT2D eigenvalue weighted by atomic mass is 9.85. The first-order valence-electron chi connectivity index (χ1n) is 43.1. The highest BCUT2D eigenvalue weighted by atomic mass is 14.8. The summed E-state index contributed by atoms with van der Waals surface area (Å²) in [5, 5.41) is 0. The Morgan fingerprint density at radius 3 is 0.723 bits per heavy atom. The van der Waals surface area contributed by atoms with Crippen molar-refractivity contribution in [2.45, 2.75) is 448 Å². The number of unbranched alkanes of at least 4 members (excludes halogenated alkanes) is 34. The van der Waals surface area contributed by atoms with Crippen LogP contribution in [0.1, 0.15) is 441 Å². The number of benzene rings is 2. The van der Waals surface area contributed by atoms with Gasteiger partial charge in [0.05, 0.1) is 17.1 Å². The minimum Gasteiger partial charge on any atom is -0.255 e. The summed E-state index contributed by atoms with van der Waals surface area (Å²) in [6.07, 6.45) is 67.8. The Hall–Kier alpha value is -5.74. The third kappa shape index (κ3) is 48.8. The fraction of sp³-hybridized carbons (Fsp3) is 0.697. The van der Waals surface area contributed by atoms with Crippen molar-refractivity contribution in [3.63, 3.8) is 0 Å². The van der Waals surface area contributed by atoms with E-state index >= 15 is 0 Å². The van der Waals surface area contributed by atoms with Crippen LogP contribution in [0.4, 0.5) is 11.4 Å². The molecule has 556 valence electrons. The number of hydrogen-bond acceptors (Lipinski definition) is 2. The topological polar surface area (TPSA) is 24.7 Å². The van der Waals surface area contributed by atoms with Gasteiger partial charge in [0, 0.05) is 109 Å². The highest BCUT2D eigenvalue weighted by Crippen LogP contribution is 2.36. The van der Waals surface area contributed by atoms with Gasteiger partial charge in [-0.3, -0.25) is 9.98 Å². The van der Waals surface area contributed by atoms with Crippen LogP contribution in [0.25, 0.3) is 0 Å². The third-order valence-electron chi connectivity index (χ3n) is 19.4. The van der Waals surface area contributed by atoms with Crippen LogP contribution in [-0.4, -0.2) is 11.9 Å². The maximum Gasteiger partial charge on any atom is 0.0671 e. The van der Waals surface area contributed by atoms with E-state index in [4.69, 9.17) is 9.98 Å². The second-order valence-corrected chi connectivity index (χ2v) is 28.6. The van der Waals surface area contributed by atoms with Crippen LogP contribution < -0.4 is 0 Å². The van der Waals surface area contributed by atoms with E-state index in [1.54, 1.807) is 0 Å². The molecule has 0 spiro atoms. The van der Waals surface area contributed by atoms with Crippen LogP contribution in [-0.2, 0) is 51.4 Å². The number of nitrogens with zero attached hydrogens (tertiary/aromatic N) is 2. The maximum atomic E-state index is 6.00. The van der Waals surface area contributed by atoms with Crippen molar-refractivity contribution < 1.29 is 0 Å². The predicted molar refractivity (Wildman–Crippen MR) is 451 cm³/mol. The Kier molecular flexibility index (Phi) is 63.3. The summed E-state index contributed by atoms with van der Waals surface area (Å²) in [6.45, 7) is 20.7. The van der Waals surface area contributed by atoms with Gasteiger partial charge in [-0.1, -0.05) is 229 Å². The Labute approximate surface area is 628 Å². The molecule has 2 nitrogen and oxygen atoms in total. The van der Waals surface area contributed by atoms with Crippen LogP contribution in [0.2, 0.25) is 0 Å². The second kappa shape index (κ2) is 69.9. The summed E-state index contributed by atoms with van der Waals surface area (Å²) in [4.78, 5) is 11.8. The molecule has 2 aromatic rings. The summed E-state index contributed by atoms with van der Waals surface area (Å²) >= 11 is 0. The van der Waals surface area contributed by atoms with Gasteiger partial charge in [-0.05, 0) is 172 Å². The first kappa shape index (κ1) is 91.3. The second-order valence-electron chi connectivity index (χ2n) is 28.6. The standard InChI is InChI=1S/C99H150N2/c1-10-19-28-36-44-52-60-69-77-89-86-98(96(84-75-66-58-50-42-34-25-16-7)94(82-73-64-56-48-40-32-23-14-5)92(89)80-71-62-54-46-38-30-21-12-3)100-88-91(79-68-27-18-9)101-99-87-90(78-70-61-53-45-37-29-20-11-2)93(81-72-63-55-47-39-31-22-13-4)95(83-74-65-57-49-41-33-24-15-6)97(99)85-76-67-59-51-43-35-26-17-8/h86-88H,10-51,68-85H2,1-9H3. The molecule has 0 saturated heterocycles. The Morgan fingerprint density at radius 2 is 0.446 bits per heavy atom. The quantitative estimate of drug-likeness (QED) is 0.0358. The van der Waals surface area contributed by atoms with E-state index < -0.39 is 0 Å². The molecule has 101 heavy (non-hydrogen) atoms. The maximum absolute atomic E-state index is 6.00. The van der Waals surface area contributed by atoms with Gasteiger partial charge in [0.1, 0.15) is 0 Å². The molecule has 0 atom stereocenters. The molecule has 0 saturated carbocycles. The van der Waals surface area contributed by atoms with Gasteiger partial charge in [-0.2, -0.15) is 0 Å². The minimum atomic E-state index is 0.809. The van der Waals surface area contributed by atoms with Crippen molar-refractivity contribution in [3.05, 3.63) is 56.6 Å².